The van der Waals surface area contributed by atoms with E-state index in [9.17, 15) is 4.79 Å². The lowest BCUT2D eigenvalue weighted by Gasteiger charge is -2.36. The van der Waals surface area contributed by atoms with Crippen molar-refractivity contribution in [3.63, 3.8) is 0 Å². The van der Waals surface area contributed by atoms with Gasteiger partial charge in [-0.3, -0.25) is 4.79 Å². The zero-order valence-electron chi connectivity index (χ0n) is 20.7. The van der Waals surface area contributed by atoms with E-state index in [0.29, 0.717) is 36.5 Å². The number of rotatable bonds is 6. The van der Waals surface area contributed by atoms with E-state index in [2.05, 4.69) is 22.5 Å². The van der Waals surface area contributed by atoms with Crippen molar-refractivity contribution < 1.29 is 14.3 Å². The molecule has 1 aromatic carbocycles. The molecule has 35 heavy (non-hydrogen) atoms. The first-order valence-electron chi connectivity index (χ1n) is 12.0. The van der Waals surface area contributed by atoms with Crippen LogP contribution < -0.4 is 10.5 Å². The third kappa shape index (κ3) is 4.04. The Kier molecular flexibility index (Phi) is 6.21. The zero-order chi connectivity index (χ0) is 24.7. The van der Waals surface area contributed by atoms with Crippen LogP contribution in [-0.4, -0.2) is 69.4 Å². The Hall–Kier alpha value is -3.43. The number of imidazole rings is 1. The third-order valence-electron chi connectivity index (χ3n) is 6.98. The van der Waals surface area contributed by atoms with Gasteiger partial charge in [0.05, 0.1) is 24.9 Å². The molecule has 2 atom stereocenters. The van der Waals surface area contributed by atoms with E-state index < -0.39 is 0 Å². The van der Waals surface area contributed by atoms with Crippen molar-refractivity contribution in [1.29, 1.82) is 0 Å². The molecule has 4 heterocycles. The lowest BCUT2D eigenvalue weighted by Crippen LogP contribution is -2.50. The molecule has 0 radical (unpaired) electrons. The number of ether oxygens (including phenoxy) is 2. The van der Waals surface area contributed by atoms with Gasteiger partial charge in [0.1, 0.15) is 16.9 Å². The quantitative estimate of drug-likeness (QED) is 0.459. The summed E-state index contributed by atoms with van der Waals surface area (Å²) in [4.78, 5) is 24.9. The lowest BCUT2D eigenvalue weighted by atomic mass is 9.99. The van der Waals surface area contributed by atoms with Crippen LogP contribution in [0.5, 0.6) is 5.75 Å². The fraction of sp³-hybridized carbons (Fsp3) is 0.423. The van der Waals surface area contributed by atoms with E-state index in [1.54, 1.807) is 20.4 Å². The molecule has 9 nitrogen and oxygen atoms in total. The number of likely N-dealkylation sites (tertiary alicyclic amines) is 1. The highest BCUT2D eigenvalue weighted by Crippen LogP contribution is 2.34. The van der Waals surface area contributed by atoms with Crippen LogP contribution in [0.2, 0.25) is 0 Å². The number of fused-ring (bicyclic) bond motifs is 2. The first-order chi connectivity index (χ1) is 16.9. The molecule has 3 aromatic heterocycles. The van der Waals surface area contributed by atoms with Gasteiger partial charge in [-0.15, -0.1) is 0 Å². The normalized spacial score (nSPS) is 18.5. The summed E-state index contributed by atoms with van der Waals surface area (Å²) in [7, 11) is 5.27. The standard InChI is InChI=1S/C26H32N6O3/c1-16-7-8-19(27)15-32(16)26(33)18-12-20-23(22(14-18)35-4)30(2)25(29-20)21-13-17-6-5-9-28-24(17)31(21)10-11-34-3/h5-6,9,12-14,16,19H,7-8,10-11,15,27H2,1-4H3. The minimum atomic E-state index is -0.0431. The highest BCUT2D eigenvalue weighted by molar-refractivity contribution is 6.00. The molecule has 184 valence electrons. The predicted molar refractivity (Wildman–Crippen MR) is 136 cm³/mol. The van der Waals surface area contributed by atoms with Crippen LogP contribution in [0.4, 0.5) is 0 Å². The molecule has 1 aliphatic rings. The number of hydrogen-bond acceptors (Lipinski definition) is 6. The Bertz CT molecular complexity index is 1390. The molecule has 0 bridgehead atoms. The van der Waals surface area contributed by atoms with Crippen LogP contribution in [0, 0.1) is 0 Å². The van der Waals surface area contributed by atoms with Crippen molar-refractivity contribution in [2.45, 2.75) is 38.4 Å². The molecule has 4 aromatic rings. The minimum Gasteiger partial charge on any atom is -0.494 e. The number of benzene rings is 1. The summed E-state index contributed by atoms with van der Waals surface area (Å²) in [6.07, 6.45) is 3.63. The number of methoxy groups -OCH3 is 2. The molecule has 1 amide bonds. The van der Waals surface area contributed by atoms with Gasteiger partial charge in [0.15, 0.2) is 5.82 Å². The van der Waals surface area contributed by atoms with Crippen molar-refractivity contribution in [3.05, 3.63) is 42.1 Å². The van der Waals surface area contributed by atoms with Crippen molar-refractivity contribution in [3.8, 4) is 17.3 Å². The van der Waals surface area contributed by atoms with Crippen LogP contribution in [0.1, 0.15) is 30.1 Å². The molecule has 0 aliphatic carbocycles. The predicted octanol–water partition coefficient (Wildman–Crippen LogP) is 3.20. The number of hydrogen-bond donors (Lipinski definition) is 1. The molecule has 2 unspecified atom stereocenters. The summed E-state index contributed by atoms with van der Waals surface area (Å²) in [6, 6.07) is 9.88. The maximum atomic E-state index is 13.5. The van der Waals surface area contributed by atoms with Crippen LogP contribution in [0.25, 0.3) is 33.6 Å². The van der Waals surface area contributed by atoms with Gasteiger partial charge in [-0.25, -0.2) is 9.97 Å². The Labute approximate surface area is 204 Å². The number of amides is 1. The maximum absolute atomic E-state index is 13.5. The van der Waals surface area contributed by atoms with E-state index in [1.807, 2.05) is 40.8 Å². The molecule has 1 aliphatic heterocycles. The number of carbonyl (C=O) groups excluding carboxylic acids is 1. The van der Waals surface area contributed by atoms with E-state index in [4.69, 9.17) is 20.2 Å². The van der Waals surface area contributed by atoms with Crippen molar-refractivity contribution in [1.82, 2.24) is 24.0 Å². The van der Waals surface area contributed by atoms with Crippen LogP contribution >= 0.6 is 0 Å². The molecule has 5 rings (SSSR count). The average molecular weight is 477 g/mol. The van der Waals surface area contributed by atoms with E-state index in [1.165, 1.54) is 0 Å². The Morgan fingerprint density at radius 1 is 1.23 bits per heavy atom. The first-order valence-corrected chi connectivity index (χ1v) is 12.0. The topological polar surface area (TPSA) is 100 Å². The molecule has 9 heteroatoms. The molecular weight excluding hydrogens is 444 g/mol. The number of carbonyl (C=O) groups is 1. The molecule has 1 fully saturated rings. The number of nitrogens with two attached hydrogens (primary N) is 1. The fourth-order valence-corrected chi connectivity index (χ4v) is 5.08. The van der Waals surface area contributed by atoms with Gasteiger partial charge in [-0.2, -0.15) is 0 Å². The van der Waals surface area contributed by atoms with E-state index >= 15 is 0 Å². The van der Waals surface area contributed by atoms with Gasteiger partial charge in [0.2, 0.25) is 0 Å². The Morgan fingerprint density at radius 2 is 2.06 bits per heavy atom. The maximum Gasteiger partial charge on any atom is 0.254 e. The molecule has 0 saturated carbocycles. The monoisotopic (exact) mass is 476 g/mol. The highest BCUT2D eigenvalue weighted by atomic mass is 16.5. The smallest absolute Gasteiger partial charge is 0.254 e. The van der Waals surface area contributed by atoms with Gasteiger partial charge in [-0.05, 0) is 50.1 Å². The largest absolute Gasteiger partial charge is 0.494 e. The summed E-state index contributed by atoms with van der Waals surface area (Å²) in [6.45, 7) is 3.82. The molecule has 1 saturated heterocycles. The van der Waals surface area contributed by atoms with Crippen molar-refractivity contribution in [2.75, 3.05) is 27.4 Å². The molecular formula is C26H32N6O3. The lowest BCUT2D eigenvalue weighted by molar-refractivity contribution is 0.0612. The van der Waals surface area contributed by atoms with Crippen molar-refractivity contribution in [2.24, 2.45) is 12.8 Å². The van der Waals surface area contributed by atoms with Crippen LogP contribution in [0.3, 0.4) is 0 Å². The highest BCUT2D eigenvalue weighted by Gasteiger charge is 2.29. The minimum absolute atomic E-state index is 0.00450. The second-order valence-electron chi connectivity index (χ2n) is 9.27. The van der Waals surface area contributed by atoms with E-state index in [0.717, 1.165) is 40.9 Å². The third-order valence-corrected chi connectivity index (χ3v) is 6.98. The number of pyridine rings is 1. The Balaban J connectivity index is 1.63. The van der Waals surface area contributed by atoms with Gasteiger partial charge in [0.25, 0.3) is 5.91 Å². The van der Waals surface area contributed by atoms with Crippen LogP contribution in [0.15, 0.2) is 36.5 Å². The summed E-state index contributed by atoms with van der Waals surface area (Å²) in [5.41, 5.74) is 10.1. The zero-order valence-corrected chi connectivity index (χ0v) is 20.7. The van der Waals surface area contributed by atoms with Gasteiger partial charge < -0.3 is 29.2 Å². The van der Waals surface area contributed by atoms with Crippen molar-refractivity contribution >= 4 is 28.0 Å². The molecule has 0 spiro atoms. The molecule has 2 N–H and O–H groups in total. The number of nitrogens with zero attached hydrogens (tertiary/aromatic N) is 5. The summed E-state index contributed by atoms with van der Waals surface area (Å²) in [5.74, 6) is 1.34. The van der Waals surface area contributed by atoms with Crippen LogP contribution in [-0.2, 0) is 18.3 Å². The number of piperidine rings is 1. The number of aryl methyl sites for hydroxylation is 1. The second kappa shape index (κ2) is 9.31. The average Bonchev–Trinajstić information content (AvgIpc) is 3.40. The Morgan fingerprint density at radius 3 is 2.83 bits per heavy atom. The SMILES string of the molecule is COCCn1c(-c2nc3cc(C(=O)N4CC(N)CCC4C)cc(OC)c3n2C)cc2cccnc21. The summed E-state index contributed by atoms with van der Waals surface area (Å²) in [5, 5.41) is 1.03. The van der Waals surface area contributed by atoms with Gasteiger partial charge in [-0.1, -0.05) is 0 Å². The first kappa shape index (κ1) is 23.3. The number of aromatic nitrogens is 4. The van der Waals surface area contributed by atoms with Gasteiger partial charge >= 0.3 is 0 Å². The summed E-state index contributed by atoms with van der Waals surface area (Å²) >= 11 is 0. The summed E-state index contributed by atoms with van der Waals surface area (Å²) < 4.78 is 15.2. The second-order valence-corrected chi connectivity index (χ2v) is 9.27. The fourth-order valence-electron chi connectivity index (χ4n) is 5.08. The van der Waals surface area contributed by atoms with Gasteiger partial charge in [0, 0.05) is 56.5 Å². The van der Waals surface area contributed by atoms with E-state index in [-0.39, 0.29) is 18.0 Å².